The minimum Gasteiger partial charge on any atom is -0.468 e. The minimum absolute atomic E-state index is 0.114. The van der Waals surface area contributed by atoms with E-state index in [0.29, 0.717) is 0 Å². The molecule has 0 N–H and O–H groups in total. The Kier molecular flexibility index (Phi) is 4.99. The summed E-state index contributed by atoms with van der Waals surface area (Å²) in [6, 6.07) is 0. The first-order valence-corrected chi connectivity index (χ1v) is 9.77. The highest BCUT2D eigenvalue weighted by Crippen LogP contribution is 2.52. The number of amides is 2. The Balaban J connectivity index is 1.61. The van der Waals surface area contributed by atoms with Crippen molar-refractivity contribution >= 4 is 39.7 Å². The summed E-state index contributed by atoms with van der Waals surface area (Å²) in [6.45, 7) is 4.52. The van der Waals surface area contributed by atoms with Crippen LogP contribution >= 0.6 is 15.9 Å². The van der Waals surface area contributed by atoms with Crippen molar-refractivity contribution in [3.63, 3.8) is 0 Å². The molecule has 3 rings (SSSR count). The lowest BCUT2D eigenvalue weighted by Gasteiger charge is -2.30. The van der Waals surface area contributed by atoms with Crippen molar-refractivity contribution in [1.29, 1.82) is 0 Å². The summed E-state index contributed by atoms with van der Waals surface area (Å²) in [5.41, 5.74) is -1.02. The highest BCUT2D eigenvalue weighted by atomic mass is 79.9. The Morgan fingerprint density at radius 1 is 1.11 bits per heavy atom. The number of imide groups is 1. The van der Waals surface area contributed by atoms with Crippen molar-refractivity contribution < 1.29 is 28.7 Å². The Hall–Kier alpha value is -1.70. The van der Waals surface area contributed by atoms with Crippen molar-refractivity contribution in [2.45, 2.75) is 37.9 Å². The third-order valence-electron chi connectivity index (χ3n) is 5.82. The number of halogens is 1. The van der Waals surface area contributed by atoms with Crippen molar-refractivity contribution in [3.8, 4) is 0 Å². The van der Waals surface area contributed by atoms with Gasteiger partial charge in [0.2, 0.25) is 11.8 Å². The predicted octanol–water partition coefficient (Wildman–Crippen LogP) is 2.04. The number of fused-ring (bicyclic) bond motifs is 5. The molecule has 5 atom stereocenters. The molecule has 148 valence electrons. The van der Waals surface area contributed by atoms with Gasteiger partial charge in [0, 0.05) is 0 Å². The lowest BCUT2D eigenvalue weighted by molar-refractivity contribution is -0.164. The van der Waals surface area contributed by atoms with Gasteiger partial charge in [0.1, 0.15) is 4.32 Å². The van der Waals surface area contributed by atoms with Crippen molar-refractivity contribution in [2.24, 2.45) is 29.1 Å². The van der Waals surface area contributed by atoms with Crippen molar-refractivity contribution in [3.05, 3.63) is 12.2 Å². The molecule has 7 nitrogen and oxygen atoms in total. The summed E-state index contributed by atoms with van der Waals surface area (Å²) in [7, 11) is 1.27. The molecule has 27 heavy (non-hydrogen) atoms. The lowest BCUT2D eigenvalue weighted by atomic mass is 9.83. The fourth-order valence-electron chi connectivity index (χ4n) is 4.60. The molecule has 3 aliphatic rings. The molecule has 0 spiro atoms. The standard InChI is InChI=1S/C19H24BrNO6/c1-18(2,8-19(3,20)17(25)26-4)16(24)27-9-21-14(22)12-10-5-6-11(7-10)13(12)15(21)23/h5-6,10-13H,7-9H2,1-4H3/t10?,11?,12-,13+,19?. The lowest BCUT2D eigenvalue weighted by Crippen LogP contribution is -2.41. The van der Waals surface area contributed by atoms with Gasteiger partial charge in [0.05, 0.1) is 24.4 Å². The van der Waals surface area contributed by atoms with Crippen LogP contribution in [0, 0.1) is 29.1 Å². The van der Waals surface area contributed by atoms with E-state index in [2.05, 4.69) is 15.9 Å². The van der Waals surface area contributed by atoms with Gasteiger partial charge in [-0.05, 0) is 45.4 Å². The number of carbonyl (C=O) groups excluding carboxylic acids is 4. The van der Waals surface area contributed by atoms with Crippen LogP contribution in [-0.4, -0.2) is 46.8 Å². The van der Waals surface area contributed by atoms with Gasteiger partial charge in [-0.25, -0.2) is 4.90 Å². The first-order chi connectivity index (χ1) is 12.5. The molecular formula is C19H24BrNO6. The van der Waals surface area contributed by atoms with E-state index in [4.69, 9.17) is 9.47 Å². The Morgan fingerprint density at radius 2 is 1.63 bits per heavy atom. The summed E-state index contributed by atoms with van der Waals surface area (Å²) in [4.78, 5) is 50.7. The molecule has 3 unspecified atom stereocenters. The van der Waals surface area contributed by atoms with Crippen LogP contribution in [0.3, 0.4) is 0 Å². The van der Waals surface area contributed by atoms with Crippen LogP contribution in [0.15, 0.2) is 12.2 Å². The van der Waals surface area contributed by atoms with E-state index in [9.17, 15) is 19.2 Å². The maximum absolute atomic E-state index is 12.6. The third kappa shape index (κ3) is 3.32. The number of alkyl halides is 1. The number of hydrogen-bond acceptors (Lipinski definition) is 6. The van der Waals surface area contributed by atoms with Crippen LogP contribution in [0.4, 0.5) is 0 Å². The van der Waals surface area contributed by atoms with Crippen molar-refractivity contribution in [1.82, 2.24) is 4.90 Å². The molecule has 0 radical (unpaired) electrons. The van der Waals surface area contributed by atoms with Gasteiger partial charge in [-0.3, -0.25) is 19.2 Å². The monoisotopic (exact) mass is 441 g/mol. The van der Waals surface area contributed by atoms with Gasteiger partial charge < -0.3 is 9.47 Å². The molecule has 0 aromatic rings. The fraction of sp³-hybridized carbons (Fsp3) is 0.684. The Bertz CT molecular complexity index is 698. The second-order valence-corrected chi connectivity index (χ2v) is 10.2. The topological polar surface area (TPSA) is 90.0 Å². The molecule has 2 aliphatic carbocycles. The highest BCUT2D eigenvalue weighted by molar-refractivity contribution is 9.10. The van der Waals surface area contributed by atoms with E-state index < -0.39 is 21.7 Å². The zero-order chi connectivity index (χ0) is 20.1. The molecule has 0 aromatic heterocycles. The van der Waals surface area contributed by atoms with Crippen LogP contribution in [0.5, 0.6) is 0 Å². The molecule has 0 aromatic carbocycles. The Morgan fingerprint density at radius 3 is 2.11 bits per heavy atom. The summed E-state index contributed by atoms with van der Waals surface area (Å²) in [5, 5.41) is 0. The van der Waals surface area contributed by atoms with Gasteiger partial charge >= 0.3 is 11.9 Å². The fourth-order valence-corrected chi connectivity index (χ4v) is 5.46. The zero-order valence-electron chi connectivity index (χ0n) is 15.9. The normalized spacial score (nSPS) is 31.1. The quantitative estimate of drug-likeness (QED) is 0.271. The molecule has 1 saturated heterocycles. The molecule has 8 heteroatoms. The first-order valence-electron chi connectivity index (χ1n) is 8.98. The zero-order valence-corrected chi connectivity index (χ0v) is 17.4. The molecule has 2 fully saturated rings. The van der Waals surface area contributed by atoms with Gasteiger partial charge in [-0.15, -0.1) is 0 Å². The van der Waals surface area contributed by atoms with Crippen molar-refractivity contribution in [2.75, 3.05) is 13.8 Å². The number of allylic oxidation sites excluding steroid dienone is 2. The number of likely N-dealkylation sites (tertiary alicyclic amines) is 1. The predicted molar refractivity (Wildman–Crippen MR) is 98.3 cm³/mol. The van der Waals surface area contributed by atoms with E-state index >= 15 is 0 Å². The van der Waals surface area contributed by atoms with E-state index in [-0.39, 0.29) is 48.6 Å². The second-order valence-electron chi connectivity index (χ2n) is 8.41. The Labute approximate surface area is 166 Å². The summed E-state index contributed by atoms with van der Waals surface area (Å²) in [5.74, 6) is -2.00. The molecule has 2 bridgehead atoms. The van der Waals surface area contributed by atoms with Gasteiger partial charge in [-0.2, -0.15) is 0 Å². The number of rotatable bonds is 6. The van der Waals surface area contributed by atoms with Crippen LogP contribution < -0.4 is 0 Å². The summed E-state index contributed by atoms with van der Waals surface area (Å²) < 4.78 is 8.99. The molecule has 1 heterocycles. The maximum atomic E-state index is 12.6. The number of ether oxygens (including phenoxy) is 2. The number of carbonyl (C=O) groups is 4. The SMILES string of the molecule is COC(=O)C(C)(Br)CC(C)(C)C(=O)OCN1C(=O)[C@@H]2C3C=CC(C3)[C@@H]2C1=O. The first kappa shape index (κ1) is 20.0. The molecule has 2 amide bonds. The van der Waals surface area contributed by atoms with Crippen LogP contribution in [0.1, 0.15) is 33.6 Å². The maximum Gasteiger partial charge on any atom is 0.322 e. The van der Waals surface area contributed by atoms with E-state index in [1.54, 1.807) is 20.8 Å². The van der Waals surface area contributed by atoms with Gasteiger partial charge in [0.25, 0.3) is 0 Å². The molecule has 1 aliphatic heterocycles. The number of esters is 2. The van der Waals surface area contributed by atoms with Gasteiger partial charge in [0.15, 0.2) is 6.73 Å². The van der Waals surface area contributed by atoms with Crippen LogP contribution in [-0.2, 0) is 28.7 Å². The number of nitrogens with zero attached hydrogens (tertiary/aromatic N) is 1. The van der Waals surface area contributed by atoms with E-state index in [1.807, 2.05) is 12.2 Å². The van der Waals surface area contributed by atoms with Crippen LogP contribution in [0.2, 0.25) is 0 Å². The summed E-state index contributed by atoms with van der Waals surface area (Å²) >= 11 is 3.29. The van der Waals surface area contributed by atoms with Gasteiger partial charge in [-0.1, -0.05) is 28.1 Å². The minimum atomic E-state index is -1.05. The number of methoxy groups -OCH3 is 1. The second kappa shape index (κ2) is 6.72. The largest absolute Gasteiger partial charge is 0.468 e. The van der Waals surface area contributed by atoms with E-state index in [0.717, 1.165) is 11.3 Å². The smallest absolute Gasteiger partial charge is 0.322 e. The van der Waals surface area contributed by atoms with E-state index in [1.165, 1.54) is 7.11 Å². The molecule has 1 saturated carbocycles. The highest BCUT2D eigenvalue weighted by Gasteiger charge is 2.59. The molecular weight excluding hydrogens is 418 g/mol. The van der Waals surface area contributed by atoms with Crippen LogP contribution in [0.25, 0.3) is 0 Å². The number of hydrogen-bond donors (Lipinski definition) is 0. The third-order valence-corrected chi connectivity index (χ3v) is 6.43. The average Bonchev–Trinajstić information content (AvgIpc) is 3.26. The summed E-state index contributed by atoms with van der Waals surface area (Å²) in [6.07, 6.45) is 5.01. The average molecular weight is 442 g/mol.